The van der Waals surface area contributed by atoms with Gasteiger partial charge in [0.2, 0.25) is 0 Å². The fourth-order valence-electron chi connectivity index (χ4n) is 2.35. The normalized spacial score (nSPS) is 16.5. The van der Waals surface area contributed by atoms with Crippen molar-refractivity contribution < 1.29 is 9.18 Å². The Morgan fingerprint density at radius 1 is 1.45 bits per heavy atom. The Morgan fingerprint density at radius 2 is 2.25 bits per heavy atom. The highest BCUT2D eigenvalue weighted by molar-refractivity contribution is 6.34. The molecule has 3 rings (SSSR count). The van der Waals surface area contributed by atoms with Crippen LogP contribution in [-0.4, -0.2) is 21.1 Å². The molecular weight excluding hydrogens is 283 g/mol. The van der Waals surface area contributed by atoms with E-state index in [-0.39, 0.29) is 10.6 Å². The van der Waals surface area contributed by atoms with Gasteiger partial charge in [-0.2, -0.15) is 5.10 Å². The first kappa shape index (κ1) is 13.1. The lowest BCUT2D eigenvalue weighted by Crippen LogP contribution is -2.51. The third-order valence-corrected chi connectivity index (χ3v) is 4.01. The lowest BCUT2D eigenvalue weighted by atomic mass is 9.76. The summed E-state index contributed by atoms with van der Waals surface area (Å²) in [5.41, 5.74) is -0.430. The van der Waals surface area contributed by atoms with Gasteiger partial charge in [-0.1, -0.05) is 17.7 Å². The maximum Gasteiger partial charge on any atom is 0.253 e. The van der Waals surface area contributed by atoms with E-state index in [0.29, 0.717) is 5.82 Å². The molecule has 104 valence electrons. The Morgan fingerprint density at radius 3 is 2.85 bits per heavy atom. The first-order valence-corrected chi connectivity index (χ1v) is 6.62. The number of aromatic nitrogens is 3. The molecule has 1 fully saturated rings. The van der Waals surface area contributed by atoms with Crippen molar-refractivity contribution in [3.05, 3.63) is 46.8 Å². The summed E-state index contributed by atoms with van der Waals surface area (Å²) in [4.78, 5) is 16.4. The van der Waals surface area contributed by atoms with Crippen molar-refractivity contribution >= 4 is 17.5 Å². The SMILES string of the molecule is O=C(NC1(c2ncn[nH]2)CCC1)c1cccc(F)c1Cl. The Kier molecular flexibility index (Phi) is 3.17. The van der Waals surface area contributed by atoms with Crippen LogP contribution >= 0.6 is 11.6 Å². The maximum atomic E-state index is 13.4. The lowest BCUT2D eigenvalue weighted by Gasteiger charge is -2.40. The number of hydrogen-bond donors (Lipinski definition) is 2. The number of rotatable bonds is 3. The number of nitrogens with zero attached hydrogens (tertiary/aromatic N) is 2. The van der Waals surface area contributed by atoms with Gasteiger partial charge in [-0.25, -0.2) is 9.37 Å². The molecule has 1 aliphatic carbocycles. The molecule has 0 bridgehead atoms. The Labute approximate surface area is 119 Å². The molecule has 1 aliphatic rings. The summed E-state index contributed by atoms with van der Waals surface area (Å²) < 4.78 is 13.4. The lowest BCUT2D eigenvalue weighted by molar-refractivity contribution is 0.0809. The van der Waals surface area contributed by atoms with E-state index >= 15 is 0 Å². The fraction of sp³-hybridized carbons (Fsp3) is 0.308. The molecule has 1 aromatic heterocycles. The molecule has 5 nitrogen and oxygen atoms in total. The van der Waals surface area contributed by atoms with E-state index in [4.69, 9.17) is 11.6 Å². The van der Waals surface area contributed by atoms with Gasteiger partial charge in [0, 0.05) is 0 Å². The highest BCUT2D eigenvalue weighted by atomic mass is 35.5. The van der Waals surface area contributed by atoms with E-state index in [9.17, 15) is 9.18 Å². The van der Waals surface area contributed by atoms with Crippen LogP contribution in [0.25, 0.3) is 0 Å². The van der Waals surface area contributed by atoms with Gasteiger partial charge in [0.1, 0.15) is 18.0 Å². The summed E-state index contributed by atoms with van der Waals surface area (Å²) in [6, 6.07) is 4.17. The largest absolute Gasteiger partial charge is 0.339 e. The van der Waals surface area contributed by atoms with Crippen molar-refractivity contribution in [2.75, 3.05) is 0 Å². The average Bonchev–Trinajstić information content (AvgIpc) is 2.91. The van der Waals surface area contributed by atoms with Crippen LogP contribution in [0.15, 0.2) is 24.5 Å². The van der Waals surface area contributed by atoms with E-state index in [1.807, 2.05) is 0 Å². The van der Waals surface area contributed by atoms with Crippen LogP contribution in [0.4, 0.5) is 4.39 Å². The minimum atomic E-state index is -0.610. The van der Waals surface area contributed by atoms with Gasteiger partial charge in [-0.05, 0) is 31.4 Å². The molecule has 0 atom stereocenters. The number of H-pyrrole nitrogens is 1. The molecule has 0 aliphatic heterocycles. The standard InChI is InChI=1S/C13H12ClFN4O/c14-10-8(3-1-4-9(10)15)11(20)18-13(5-2-6-13)12-16-7-17-19-12/h1,3-4,7H,2,5-6H2,(H,18,20)(H,16,17,19). The zero-order valence-electron chi connectivity index (χ0n) is 10.5. The molecule has 2 N–H and O–H groups in total. The van der Waals surface area contributed by atoms with Crippen molar-refractivity contribution in [1.82, 2.24) is 20.5 Å². The van der Waals surface area contributed by atoms with E-state index in [1.165, 1.54) is 24.5 Å². The Balaban J connectivity index is 1.87. The van der Waals surface area contributed by atoms with E-state index in [2.05, 4.69) is 20.5 Å². The van der Waals surface area contributed by atoms with Crippen molar-refractivity contribution in [3.63, 3.8) is 0 Å². The topological polar surface area (TPSA) is 70.7 Å². The van der Waals surface area contributed by atoms with E-state index < -0.39 is 17.3 Å². The van der Waals surface area contributed by atoms with E-state index in [1.54, 1.807) is 0 Å². The number of benzene rings is 1. The molecule has 0 radical (unpaired) electrons. The van der Waals surface area contributed by atoms with Crippen molar-refractivity contribution in [3.8, 4) is 0 Å². The highest BCUT2D eigenvalue weighted by Gasteiger charge is 2.43. The van der Waals surface area contributed by atoms with Crippen molar-refractivity contribution in [2.24, 2.45) is 0 Å². The Bertz CT molecular complexity index is 640. The number of carbonyl (C=O) groups excluding carboxylic acids is 1. The number of amides is 1. The third-order valence-electron chi connectivity index (χ3n) is 3.62. The van der Waals surface area contributed by atoms with Crippen molar-refractivity contribution in [1.29, 1.82) is 0 Å². The van der Waals surface area contributed by atoms with Crippen LogP contribution in [0, 0.1) is 5.82 Å². The van der Waals surface area contributed by atoms with Gasteiger partial charge in [-0.15, -0.1) is 0 Å². The molecule has 0 unspecified atom stereocenters. The second-order valence-corrected chi connectivity index (χ2v) is 5.20. The van der Waals surface area contributed by atoms with Gasteiger partial charge < -0.3 is 5.32 Å². The van der Waals surface area contributed by atoms with Crippen LogP contribution < -0.4 is 5.32 Å². The van der Waals surface area contributed by atoms with Gasteiger partial charge in [0.05, 0.1) is 16.1 Å². The summed E-state index contributed by atoms with van der Waals surface area (Å²) in [5.74, 6) is -0.406. The first-order chi connectivity index (χ1) is 9.62. The molecule has 1 heterocycles. The summed E-state index contributed by atoms with van der Waals surface area (Å²) in [5, 5.41) is 9.31. The zero-order chi connectivity index (χ0) is 14.2. The summed E-state index contributed by atoms with van der Waals surface area (Å²) >= 11 is 5.83. The second kappa shape index (κ2) is 4.86. The second-order valence-electron chi connectivity index (χ2n) is 4.83. The molecule has 7 heteroatoms. The predicted molar refractivity (Wildman–Crippen MR) is 70.8 cm³/mol. The van der Waals surface area contributed by atoms with Gasteiger partial charge in [0.15, 0.2) is 0 Å². The molecule has 1 aromatic carbocycles. The minimum absolute atomic E-state index is 0.123. The van der Waals surface area contributed by atoms with Gasteiger partial charge in [0.25, 0.3) is 5.91 Å². The average molecular weight is 295 g/mol. The number of carbonyl (C=O) groups is 1. The number of aromatic amines is 1. The minimum Gasteiger partial charge on any atom is -0.339 e. The molecular formula is C13H12ClFN4O. The van der Waals surface area contributed by atoms with Crippen LogP contribution in [0.3, 0.4) is 0 Å². The van der Waals surface area contributed by atoms with E-state index in [0.717, 1.165) is 19.3 Å². The molecule has 0 saturated heterocycles. The molecule has 1 saturated carbocycles. The molecule has 20 heavy (non-hydrogen) atoms. The third kappa shape index (κ3) is 2.06. The Hall–Kier alpha value is -1.95. The number of hydrogen-bond acceptors (Lipinski definition) is 3. The molecule has 0 spiro atoms. The highest BCUT2D eigenvalue weighted by Crippen LogP contribution is 2.39. The smallest absolute Gasteiger partial charge is 0.253 e. The summed E-state index contributed by atoms with van der Waals surface area (Å²) in [7, 11) is 0. The quantitative estimate of drug-likeness (QED) is 0.913. The molecule has 2 aromatic rings. The first-order valence-electron chi connectivity index (χ1n) is 6.25. The van der Waals surface area contributed by atoms with Crippen LogP contribution in [-0.2, 0) is 5.54 Å². The summed E-state index contributed by atoms with van der Waals surface area (Å²) in [6.07, 6.45) is 3.91. The van der Waals surface area contributed by atoms with Crippen LogP contribution in [0.1, 0.15) is 35.4 Å². The monoisotopic (exact) mass is 294 g/mol. The van der Waals surface area contributed by atoms with Gasteiger partial charge >= 0.3 is 0 Å². The zero-order valence-corrected chi connectivity index (χ0v) is 11.2. The fourth-order valence-corrected chi connectivity index (χ4v) is 2.56. The number of halogens is 2. The van der Waals surface area contributed by atoms with Crippen LogP contribution in [0.5, 0.6) is 0 Å². The predicted octanol–water partition coefficient (Wildman–Crippen LogP) is 2.41. The number of nitrogens with one attached hydrogen (secondary N) is 2. The summed E-state index contributed by atoms with van der Waals surface area (Å²) in [6.45, 7) is 0. The van der Waals surface area contributed by atoms with Gasteiger partial charge in [-0.3, -0.25) is 9.89 Å². The van der Waals surface area contributed by atoms with Crippen LogP contribution in [0.2, 0.25) is 5.02 Å². The maximum absolute atomic E-state index is 13.4. The molecule has 1 amide bonds. The van der Waals surface area contributed by atoms with Crippen molar-refractivity contribution in [2.45, 2.75) is 24.8 Å².